The minimum absolute atomic E-state index is 0.0963. The van der Waals surface area contributed by atoms with E-state index in [2.05, 4.69) is 118 Å². The highest BCUT2D eigenvalue weighted by Crippen LogP contribution is 2.13. The van der Waals surface area contributed by atoms with Gasteiger partial charge in [0.05, 0.1) is 0 Å². The molecule has 0 fully saturated rings. The van der Waals surface area contributed by atoms with Crippen LogP contribution in [0.3, 0.4) is 0 Å². The molecule has 0 heterocycles. The molecule has 0 bridgehead atoms. The first-order valence-corrected chi connectivity index (χ1v) is 25.3. The lowest BCUT2D eigenvalue weighted by Crippen LogP contribution is -2.30. The van der Waals surface area contributed by atoms with Crippen molar-refractivity contribution in [2.45, 2.75) is 226 Å². The number of carbonyl (C=O) groups is 3. The van der Waals surface area contributed by atoms with Crippen molar-refractivity contribution in [3.05, 3.63) is 97.2 Å². The first kappa shape index (κ1) is 58.3. The number of hydrogen-bond acceptors (Lipinski definition) is 6. The molecule has 0 aliphatic carbocycles. The Morgan fingerprint density at radius 3 is 1.18 bits per heavy atom. The lowest BCUT2D eigenvalue weighted by molar-refractivity contribution is -0.167. The summed E-state index contributed by atoms with van der Waals surface area (Å²) in [4.78, 5) is 37.9. The van der Waals surface area contributed by atoms with E-state index < -0.39 is 6.10 Å². The third kappa shape index (κ3) is 47.4. The number of ether oxygens (including phenoxy) is 3. The molecule has 0 saturated heterocycles. The Hall–Kier alpha value is -3.67. The van der Waals surface area contributed by atoms with Crippen molar-refractivity contribution in [3.8, 4) is 0 Å². The molecule has 0 aromatic heterocycles. The second kappa shape index (κ2) is 50.0. The zero-order valence-corrected chi connectivity index (χ0v) is 40.1. The van der Waals surface area contributed by atoms with Crippen LogP contribution in [0.4, 0.5) is 0 Å². The number of esters is 3. The maximum absolute atomic E-state index is 12.8. The van der Waals surface area contributed by atoms with Gasteiger partial charge in [0.25, 0.3) is 0 Å². The van der Waals surface area contributed by atoms with E-state index in [9.17, 15) is 14.4 Å². The largest absolute Gasteiger partial charge is 0.462 e. The van der Waals surface area contributed by atoms with Crippen molar-refractivity contribution in [1.29, 1.82) is 0 Å². The van der Waals surface area contributed by atoms with Crippen LogP contribution in [-0.2, 0) is 28.6 Å². The molecule has 0 aromatic rings. The van der Waals surface area contributed by atoms with Gasteiger partial charge in [-0.05, 0) is 103 Å². The van der Waals surface area contributed by atoms with Gasteiger partial charge < -0.3 is 14.2 Å². The molecular formula is C56H92O6. The summed E-state index contributed by atoms with van der Waals surface area (Å²) in [6.07, 6.45) is 65.3. The minimum atomic E-state index is -0.797. The molecule has 6 nitrogen and oxygen atoms in total. The molecule has 1 atom stereocenters. The molecule has 0 aromatic carbocycles. The highest BCUT2D eigenvalue weighted by Gasteiger charge is 2.19. The zero-order chi connectivity index (χ0) is 45.1. The van der Waals surface area contributed by atoms with E-state index in [-0.39, 0.29) is 31.1 Å². The van der Waals surface area contributed by atoms with Crippen LogP contribution in [0.25, 0.3) is 0 Å². The first-order chi connectivity index (χ1) is 30.5. The summed E-state index contributed by atoms with van der Waals surface area (Å²) < 4.78 is 16.7. The second-order valence-corrected chi connectivity index (χ2v) is 16.4. The minimum Gasteiger partial charge on any atom is -0.462 e. The second-order valence-electron chi connectivity index (χ2n) is 16.4. The molecule has 0 radical (unpaired) electrons. The van der Waals surface area contributed by atoms with Crippen LogP contribution in [0.5, 0.6) is 0 Å². The molecule has 0 N–H and O–H groups in total. The Labute approximate surface area is 381 Å². The van der Waals surface area contributed by atoms with Gasteiger partial charge >= 0.3 is 17.9 Å². The van der Waals surface area contributed by atoms with Crippen LogP contribution >= 0.6 is 0 Å². The van der Waals surface area contributed by atoms with E-state index in [1.165, 1.54) is 44.9 Å². The molecule has 0 aliphatic heterocycles. The van der Waals surface area contributed by atoms with E-state index in [1.54, 1.807) is 0 Å². The van der Waals surface area contributed by atoms with Gasteiger partial charge in [0.15, 0.2) is 6.10 Å². The fourth-order valence-corrected chi connectivity index (χ4v) is 6.60. The standard InChI is InChI=1S/C56H92O6/c1-4-7-10-13-16-19-22-25-26-27-28-29-30-32-34-37-40-43-46-49-55(58)61-52-53(51-60-54(57)48-45-42-39-36-33-24-21-18-15-12-9-6-3)62-56(59)50-47-44-41-38-35-31-23-20-17-14-11-8-5-2/h7-8,10-11,14,16-21,23,25-26,28-29,53H,4-6,9,12-13,15,22,24,27,30-52H2,1-3H3/b10-7-,11-8-,17-14-,19-16-,21-18-,23-20-,26-25-,29-28-. The predicted molar refractivity (Wildman–Crippen MR) is 265 cm³/mol. The molecule has 0 rings (SSSR count). The quantitative estimate of drug-likeness (QED) is 0.0200. The number of rotatable bonds is 44. The molecule has 0 amide bonds. The molecule has 1 unspecified atom stereocenters. The molecular weight excluding hydrogens is 769 g/mol. The summed E-state index contributed by atoms with van der Waals surface area (Å²) in [6.45, 7) is 6.32. The average molecular weight is 861 g/mol. The monoisotopic (exact) mass is 861 g/mol. The van der Waals surface area contributed by atoms with E-state index in [0.717, 1.165) is 135 Å². The molecule has 0 aliphatic rings. The number of carbonyl (C=O) groups excluding carboxylic acids is 3. The molecule has 352 valence electrons. The van der Waals surface area contributed by atoms with Gasteiger partial charge in [0.1, 0.15) is 13.2 Å². The predicted octanol–water partition coefficient (Wildman–Crippen LogP) is 16.6. The molecule has 0 saturated carbocycles. The highest BCUT2D eigenvalue weighted by molar-refractivity contribution is 5.71. The molecule has 62 heavy (non-hydrogen) atoms. The highest BCUT2D eigenvalue weighted by atomic mass is 16.6. The summed E-state index contributed by atoms with van der Waals surface area (Å²) in [7, 11) is 0. The third-order valence-electron chi connectivity index (χ3n) is 10.4. The fraction of sp³-hybridized carbons (Fsp3) is 0.661. The maximum atomic E-state index is 12.8. The van der Waals surface area contributed by atoms with Crippen LogP contribution in [-0.4, -0.2) is 37.2 Å². The van der Waals surface area contributed by atoms with Crippen LogP contribution in [0.1, 0.15) is 220 Å². The Balaban J connectivity index is 4.43. The number of allylic oxidation sites excluding steroid dienone is 16. The summed E-state index contributed by atoms with van der Waals surface area (Å²) >= 11 is 0. The number of hydrogen-bond donors (Lipinski definition) is 0. The van der Waals surface area contributed by atoms with Gasteiger partial charge in [-0.15, -0.1) is 0 Å². The lowest BCUT2D eigenvalue weighted by Gasteiger charge is -2.18. The summed E-state index contributed by atoms with van der Waals surface area (Å²) in [5.74, 6) is -0.945. The van der Waals surface area contributed by atoms with Gasteiger partial charge in [-0.1, -0.05) is 195 Å². The third-order valence-corrected chi connectivity index (χ3v) is 10.4. The Morgan fingerprint density at radius 1 is 0.355 bits per heavy atom. The van der Waals surface area contributed by atoms with Crippen LogP contribution in [0.15, 0.2) is 97.2 Å². The number of unbranched alkanes of at least 4 members (excludes halogenated alkanes) is 19. The van der Waals surface area contributed by atoms with Gasteiger partial charge in [-0.3, -0.25) is 14.4 Å². The Kier molecular flexibility index (Phi) is 47.0. The van der Waals surface area contributed by atoms with Crippen molar-refractivity contribution in [3.63, 3.8) is 0 Å². The van der Waals surface area contributed by atoms with Crippen molar-refractivity contribution in [1.82, 2.24) is 0 Å². The van der Waals surface area contributed by atoms with Gasteiger partial charge in [0.2, 0.25) is 0 Å². The Morgan fingerprint density at radius 2 is 0.710 bits per heavy atom. The van der Waals surface area contributed by atoms with Gasteiger partial charge in [0, 0.05) is 19.3 Å². The summed E-state index contributed by atoms with van der Waals surface area (Å²) in [6, 6.07) is 0. The normalized spacial score (nSPS) is 12.9. The van der Waals surface area contributed by atoms with Crippen molar-refractivity contribution < 1.29 is 28.6 Å². The van der Waals surface area contributed by atoms with E-state index in [4.69, 9.17) is 14.2 Å². The molecule has 6 heteroatoms. The van der Waals surface area contributed by atoms with Crippen molar-refractivity contribution in [2.24, 2.45) is 0 Å². The van der Waals surface area contributed by atoms with Gasteiger partial charge in [-0.2, -0.15) is 0 Å². The van der Waals surface area contributed by atoms with Gasteiger partial charge in [-0.25, -0.2) is 0 Å². The topological polar surface area (TPSA) is 78.9 Å². The zero-order valence-electron chi connectivity index (χ0n) is 40.1. The summed E-state index contributed by atoms with van der Waals surface area (Å²) in [5.41, 5.74) is 0. The smallest absolute Gasteiger partial charge is 0.306 e. The Bertz CT molecular complexity index is 1260. The van der Waals surface area contributed by atoms with Crippen molar-refractivity contribution in [2.75, 3.05) is 13.2 Å². The molecule has 0 spiro atoms. The SMILES string of the molecule is CC\C=C/C=C\C=C/CCCCCCCC(=O)OC(COC(=O)CCCCCCC/C=C\CCCCC)COC(=O)CCCCCCCC/C=C\C/C=C\C/C=C\C/C=C\CC. The van der Waals surface area contributed by atoms with Crippen LogP contribution in [0.2, 0.25) is 0 Å². The first-order valence-electron chi connectivity index (χ1n) is 25.3. The van der Waals surface area contributed by atoms with E-state index in [1.807, 2.05) is 0 Å². The lowest BCUT2D eigenvalue weighted by atomic mass is 10.1. The van der Waals surface area contributed by atoms with Crippen molar-refractivity contribution >= 4 is 17.9 Å². The van der Waals surface area contributed by atoms with E-state index >= 15 is 0 Å². The maximum Gasteiger partial charge on any atom is 0.306 e. The average Bonchev–Trinajstić information content (AvgIpc) is 3.27. The summed E-state index contributed by atoms with van der Waals surface area (Å²) in [5, 5.41) is 0. The fourth-order valence-electron chi connectivity index (χ4n) is 6.60. The van der Waals surface area contributed by atoms with Crippen LogP contribution < -0.4 is 0 Å². The van der Waals surface area contributed by atoms with E-state index in [0.29, 0.717) is 19.3 Å². The van der Waals surface area contributed by atoms with Crippen LogP contribution in [0, 0.1) is 0 Å².